The Hall–Kier alpha value is -1.06. The van der Waals surface area contributed by atoms with Gasteiger partial charge in [-0.15, -0.1) is 0 Å². The average Bonchev–Trinajstić information content (AvgIpc) is 2.52. The highest BCUT2D eigenvalue weighted by Crippen LogP contribution is 2.35. The quantitative estimate of drug-likeness (QED) is 0.712. The molecule has 4 heteroatoms. The molecule has 0 spiro atoms. The van der Waals surface area contributed by atoms with Crippen LogP contribution in [-0.4, -0.2) is 11.0 Å². The van der Waals surface area contributed by atoms with Gasteiger partial charge in [0.25, 0.3) is 0 Å². The minimum absolute atomic E-state index is 0.455. The molecule has 2 unspecified atom stereocenters. The lowest BCUT2D eigenvalue weighted by molar-refractivity contribution is 0.405. The van der Waals surface area contributed by atoms with Crippen molar-refractivity contribution >= 4 is 33.2 Å². The maximum atomic E-state index is 5.96. The van der Waals surface area contributed by atoms with Crippen LogP contribution >= 0.6 is 27.5 Å². The lowest BCUT2D eigenvalue weighted by Gasteiger charge is -2.33. The van der Waals surface area contributed by atoms with Gasteiger partial charge < -0.3 is 5.32 Å². The van der Waals surface area contributed by atoms with Crippen LogP contribution in [0.1, 0.15) is 37.2 Å². The minimum atomic E-state index is 0.455. The van der Waals surface area contributed by atoms with E-state index in [1.165, 1.54) is 31.2 Å². The highest BCUT2D eigenvalue weighted by molar-refractivity contribution is 9.10. The van der Waals surface area contributed by atoms with Gasteiger partial charge >= 0.3 is 0 Å². The van der Waals surface area contributed by atoms with Crippen molar-refractivity contribution in [2.45, 2.75) is 37.6 Å². The number of pyridine rings is 1. The topological polar surface area (TPSA) is 24.9 Å². The van der Waals surface area contributed by atoms with E-state index in [2.05, 4.69) is 56.6 Å². The zero-order chi connectivity index (χ0) is 14.7. The fraction of sp³-hybridized carbons (Fsp3) is 0.353. The molecule has 1 fully saturated rings. The van der Waals surface area contributed by atoms with E-state index in [1.807, 2.05) is 12.3 Å². The van der Waals surface area contributed by atoms with E-state index in [0.717, 1.165) is 10.2 Å². The predicted molar refractivity (Wildman–Crippen MR) is 92.0 cm³/mol. The van der Waals surface area contributed by atoms with Crippen molar-refractivity contribution in [3.63, 3.8) is 0 Å². The monoisotopic (exact) mass is 364 g/mol. The van der Waals surface area contributed by atoms with Gasteiger partial charge in [-0.2, -0.15) is 0 Å². The van der Waals surface area contributed by atoms with Gasteiger partial charge in [-0.3, -0.25) is 0 Å². The van der Waals surface area contributed by atoms with Crippen LogP contribution in [0.5, 0.6) is 0 Å². The lowest BCUT2D eigenvalue weighted by Crippen LogP contribution is -2.30. The summed E-state index contributed by atoms with van der Waals surface area (Å²) in [6.45, 7) is 0. The molecule has 0 bridgehead atoms. The second-order valence-corrected chi connectivity index (χ2v) is 6.76. The number of nitrogens with one attached hydrogen (secondary N) is 1. The summed E-state index contributed by atoms with van der Waals surface area (Å²) in [5.41, 5.74) is 2.45. The van der Waals surface area contributed by atoms with Crippen molar-refractivity contribution < 1.29 is 0 Å². The largest absolute Gasteiger partial charge is 0.380 e. The van der Waals surface area contributed by atoms with Crippen LogP contribution in [0.4, 0.5) is 5.69 Å². The standard InChI is InChI=1S/C17H18BrClN2/c18-15-10-13(11-20-17(15)19)21-16-9-5-4-8-14(16)12-6-2-1-3-7-12/h1-3,6-7,10-11,14,16,21H,4-5,8-9H2. The molecule has 1 aliphatic carbocycles. The van der Waals surface area contributed by atoms with Gasteiger partial charge in [0.15, 0.2) is 0 Å². The molecule has 1 aromatic heterocycles. The van der Waals surface area contributed by atoms with E-state index >= 15 is 0 Å². The van der Waals surface area contributed by atoms with Crippen LogP contribution in [0.2, 0.25) is 5.15 Å². The first-order chi connectivity index (χ1) is 10.2. The molecule has 110 valence electrons. The normalized spacial score (nSPS) is 22.0. The Morgan fingerprint density at radius 3 is 2.67 bits per heavy atom. The summed E-state index contributed by atoms with van der Waals surface area (Å²) in [6, 6.07) is 13.3. The molecule has 0 amide bonds. The van der Waals surface area contributed by atoms with Crippen LogP contribution in [0.3, 0.4) is 0 Å². The summed E-state index contributed by atoms with van der Waals surface area (Å²) in [5, 5.41) is 4.15. The minimum Gasteiger partial charge on any atom is -0.380 e. The number of hydrogen-bond donors (Lipinski definition) is 1. The summed E-state index contributed by atoms with van der Waals surface area (Å²) in [7, 11) is 0. The van der Waals surface area contributed by atoms with Crippen molar-refractivity contribution in [1.29, 1.82) is 0 Å². The summed E-state index contributed by atoms with van der Waals surface area (Å²) >= 11 is 9.40. The molecule has 0 saturated heterocycles. The van der Waals surface area contributed by atoms with Crippen LogP contribution in [0.15, 0.2) is 47.1 Å². The first kappa shape index (κ1) is 14.9. The summed E-state index contributed by atoms with van der Waals surface area (Å²) in [5.74, 6) is 0.564. The molecule has 3 rings (SSSR count). The second kappa shape index (κ2) is 6.80. The van der Waals surface area contributed by atoms with Gasteiger partial charge in [0.1, 0.15) is 5.15 Å². The van der Waals surface area contributed by atoms with E-state index in [0.29, 0.717) is 17.1 Å². The first-order valence-electron chi connectivity index (χ1n) is 7.36. The maximum Gasteiger partial charge on any atom is 0.143 e. The van der Waals surface area contributed by atoms with Gasteiger partial charge in [-0.25, -0.2) is 4.98 Å². The lowest BCUT2D eigenvalue weighted by atomic mass is 9.80. The number of nitrogens with zero attached hydrogens (tertiary/aromatic N) is 1. The molecule has 2 nitrogen and oxygen atoms in total. The molecule has 0 radical (unpaired) electrons. The van der Waals surface area contributed by atoms with Crippen LogP contribution in [0.25, 0.3) is 0 Å². The Bertz CT molecular complexity index is 603. The molecule has 0 aliphatic heterocycles. The summed E-state index contributed by atoms with van der Waals surface area (Å²) in [4.78, 5) is 4.20. The average molecular weight is 366 g/mol. The smallest absolute Gasteiger partial charge is 0.143 e. The van der Waals surface area contributed by atoms with Crippen molar-refractivity contribution in [2.75, 3.05) is 5.32 Å². The summed E-state index contributed by atoms with van der Waals surface area (Å²) < 4.78 is 0.834. The Labute approximate surface area is 139 Å². The molecule has 2 aromatic rings. The third-order valence-corrected chi connectivity index (χ3v) is 5.28. The van der Waals surface area contributed by atoms with Gasteiger partial charge in [-0.05, 0) is 40.4 Å². The van der Waals surface area contributed by atoms with Gasteiger partial charge in [0, 0.05) is 12.0 Å². The molecular weight excluding hydrogens is 348 g/mol. The highest BCUT2D eigenvalue weighted by Gasteiger charge is 2.26. The van der Waals surface area contributed by atoms with Gasteiger partial charge in [-0.1, -0.05) is 54.8 Å². The Morgan fingerprint density at radius 2 is 1.90 bits per heavy atom. The van der Waals surface area contributed by atoms with E-state index in [-0.39, 0.29) is 0 Å². The van der Waals surface area contributed by atoms with Crippen LogP contribution in [-0.2, 0) is 0 Å². The first-order valence-corrected chi connectivity index (χ1v) is 8.53. The van der Waals surface area contributed by atoms with Gasteiger partial charge in [0.2, 0.25) is 0 Å². The number of anilines is 1. The number of rotatable bonds is 3. The third kappa shape index (κ3) is 3.58. The summed E-state index contributed by atoms with van der Waals surface area (Å²) in [6.07, 6.45) is 6.83. The molecule has 21 heavy (non-hydrogen) atoms. The van der Waals surface area contributed by atoms with Crippen molar-refractivity contribution in [2.24, 2.45) is 0 Å². The number of aromatic nitrogens is 1. The maximum absolute atomic E-state index is 5.96. The van der Waals surface area contributed by atoms with E-state index < -0.39 is 0 Å². The molecule has 1 aromatic carbocycles. The van der Waals surface area contributed by atoms with E-state index in [1.54, 1.807) is 0 Å². The number of halogens is 2. The third-order valence-electron chi connectivity index (χ3n) is 4.14. The molecule has 1 saturated carbocycles. The van der Waals surface area contributed by atoms with Crippen molar-refractivity contribution in [3.05, 3.63) is 57.8 Å². The van der Waals surface area contributed by atoms with Crippen molar-refractivity contribution in [1.82, 2.24) is 4.98 Å². The Balaban J connectivity index is 1.79. The SMILES string of the molecule is Clc1ncc(NC2CCCCC2c2ccccc2)cc1Br. The number of hydrogen-bond acceptors (Lipinski definition) is 2. The van der Waals surface area contributed by atoms with Gasteiger partial charge in [0.05, 0.1) is 16.4 Å². The second-order valence-electron chi connectivity index (χ2n) is 5.55. The van der Waals surface area contributed by atoms with Crippen LogP contribution in [0, 0.1) is 0 Å². The molecule has 1 N–H and O–H groups in total. The van der Waals surface area contributed by atoms with E-state index in [4.69, 9.17) is 11.6 Å². The van der Waals surface area contributed by atoms with Crippen LogP contribution < -0.4 is 5.32 Å². The highest BCUT2D eigenvalue weighted by atomic mass is 79.9. The molecule has 1 heterocycles. The molecule has 2 atom stereocenters. The zero-order valence-electron chi connectivity index (χ0n) is 11.7. The fourth-order valence-electron chi connectivity index (χ4n) is 3.12. The Kier molecular flexibility index (Phi) is 4.81. The Morgan fingerprint density at radius 1 is 1.14 bits per heavy atom. The molecular formula is C17H18BrClN2. The predicted octanol–water partition coefficient (Wildman–Crippen LogP) is 5.64. The zero-order valence-corrected chi connectivity index (χ0v) is 14.1. The molecule has 1 aliphatic rings. The van der Waals surface area contributed by atoms with E-state index in [9.17, 15) is 0 Å². The fourth-order valence-corrected chi connectivity index (χ4v) is 3.57. The van der Waals surface area contributed by atoms with Crippen molar-refractivity contribution in [3.8, 4) is 0 Å². The number of benzene rings is 1.